The molecule has 0 amide bonds. The smallest absolute Gasteiger partial charge is 0.307 e. The van der Waals surface area contributed by atoms with Crippen LogP contribution in [0.25, 0.3) is 0 Å². The number of carbonyl (C=O) groups is 1. The molecule has 0 saturated carbocycles. The highest BCUT2D eigenvalue weighted by Gasteiger charge is 2.41. The van der Waals surface area contributed by atoms with E-state index in [-0.39, 0.29) is 11.1 Å². The fourth-order valence-corrected chi connectivity index (χ4v) is 9.41. The molecule has 0 atom stereocenters. The molecule has 1 saturated heterocycles. The Labute approximate surface area is 128 Å². The fourth-order valence-electron chi connectivity index (χ4n) is 2.96. The molecule has 0 bridgehead atoms. The molecule has 1 fully saturated rings. The van der Waals surface area contributed by atoms with E-state index in [9.17, 15) is 4.79 Å². The molecule has 0 aromatic carbocycles. The molecule has 1 aliphatic heterocycles. The van der Waals surface area contributed by atoms with E-state index in [1.54, 1.807) is 0 Å². The van der Waals surface area contributed by atoms with Gasteiger partial charge in [0.15, 0.2) is 5.08 Å². The van der Waals surface area contributed by atoms with Crippen LogP contribution in [0.3, 0.4) is 0 Å². The summed E-state index contributed by atoms with van der Waals surface area (Å²) < 4.78 is 6.08. The quantitative estimate of drug-likeness (QED) is 0.656. The van der Waals surface area contributed by atoms with Crippen molar-refractivity contribution < 1.29 is 9.53 Å². The molecule has 2 aromatic heterocycles. The van der Waals surface area contributed by atoms with Crippen LogP contribution in [0, 0.1) is 27.7 Å². The lowest BCUT2D eigenvalue weighted by molar-refractivity contribution is -0.154. The highest BCUT2D eigenvalue weighted by Crippen LogP contribution is 2.66. The van der Waals surface area contributed by atoms with Crippen molar-refractivity contribution in [2.45, 2.75) is 52.0 Å². The molecular formula is C17H22O2P2. The van der Waals surface area contributed by atoms with E-state index in [0.29, 0.717) is 6.42 Å². The van der Waals surface area contributed by atoms with Crippen molar-refractivity contribution >= 4 is 21.0 Å². The summed E-state index contributed by atoms with van der Waals surface area (Å²) in [5.41, 5.74) is 5.38. The molecule has 0 unspecified atom stereocenters. The van der Waals surface area contributed by atoms with E-state index >= 15 is 0 Å². The van der Waals surface area contributed by atoms with Crippen molar-refractivity contribution in [1.29, 1.82) is 0 Å². The maximum Gasteiger partial charge on any atom is 0.307 e. The third-order valence-corrected chi connectivity index (χ3v) is 10.8. The molecule has 3 heterocycles. The van der Waals surface area contributed by atoms with Crippen molar-refractivity contribution in [1.82, 2.24) is 0 Å². The van der Waals surface area contributed by atoms with Crippen molar-refractivity contribution in [2.75, 3.05) is 0 Å². The summed E-state index contributed by atoms with van der Waals surface area (Å²) in [6, 6.07) is 0. The van der Waals surface area contributed by atoms with Crippen LogP contribution < -0.4 is 0 Å². The minimum absolute atomic E-state index is 0.0146. The zero-order chi connectivity index (χ0) is 15.2. The van der Waals surface area contributed by atoms with Gasteiger partial charge in [0.1, 0.15) is 0 Å². The fraction of sp³-hybridized carbons (Fsp3) is 0.471. The van der Waals surface area contributed by atoms with Gasteiger partial charge in [0.25, 0.3) is 0 Å². The third kappa shape index (κ3) is 2.50. The second-order valence-corrected chi connectivity index (χ2v) is 10.6. The Morgan fingerprint density at radius 2 is 1.33 bits per heavy atom. The summed E-state index contributed by atoms with van der Waals surface area (Å²) in [6.07, 6.45) is 2.53. The van der Waals surface area contributed by atoms with Gasteiger partial charge in [-0.05, 0) is 79.6 Å². The highest BCUT2D eigenvalue weighted by atomic mass is 31.2. The first kappa shape index (κ1) is 14.9. The van der Waals surface area contributed by atoms with Gasteiger partial charge < -0.3 is 4.74 Å². The maximum atomic E-state index is 12.0. The lowest BCUT2D eigenvalue weighted by atomic mass is 10.2. The Balaban J connectivity index is 2.17. The average molecular weight is 320 g/mol. The normalized spacial score (nSPS) is 17.8. The summed E-state index contributed by atoms with van der Waals surface area (Å²) in [5.74, 6) is 9.42. The number of hydrogen-bond donors (Lipinski definition) is 0. The zero-order valence-electron chi connectivity index (χ0n) is 13.1. The molecule has 4 heteroatoms. The van der Waals surface area contributed by atoms with Gasteiger partial charge >= 0.3 is 5.97 Å². The summed E-state index contributed by atoms with van der Waals surface area (Å²) in [5, 5.41) is -0.294. The van der Waals surface area contributed by atoms with Crippen molar-refractivity contribution in [2.24, 2.45) is 0 Å². The van der Waals surface area contributed by atoms with Crippen LogP contribution in [0.15, 0.2) is 23.2 Å². The van der Waals surface area contributed by atoms with Crippen LogP contribution in [0.1, 0.15) is 41.5 Å². The van der Waals surface area contributed by atoms with E-state index in [2.05, 4.69) is 50.9 Å². The van der Waals surface area contributed by atoms with Gasteiger partial charge in [-0.1, -0.05) is 15.1 Å². The molecule has 1 aliphatic rings. The van der Waals surface area contributed by atoms with E-state index in [1.165, 1.54) is 22.3 Å². The summed E-state index contributed by atoms with van der Waals surface area (Å²) in [7, 11) is -1.06. The Morgan fingerprint density at radius 3 is 1.71 bits per heavy atom. The van der Waals surface area contributed by atoms with Gasteiger partial charge in [-0.3, -0.25) is 4.79 Å². The summed E-state index contributed by atoms with van der Waals surface area (Å²) in [6.45, 7) is 8.65. The van der Waals surface area contributed by atoms with Gasteiger partial charge in [-0.2, -0.15) is 0 Å². The van der Waals surface area contributed by atoms with Crippen LogP contribution in [-0.2, 0) is 14.6 Å². The Bertz CT molecular complexity index is 608. The standard InChI is InChI=1S/C17H22O2P2/c1-12-8-20(9-13(12)2)17(7-5-6-16(18)19-17)21-10-14(3)15(4)11-21/h8-11H,5-7H2,1-4H3. The Morgan fingerprint density at radius 1 is 0.905 bits per heavy atom. The number of esters is 1. The van der Waals surface area contributed by atoms with Gasteiger partial charge in [0.05, 0.1) is 0 Å². The molecular weight excluding hydrogens is 298 g/mol. The monoisotopic (exact) mass is 320 g/mol. The van der Waals surface area contributed by atoms with E-state index < -0.39 is 15.1 Å². The maximum absolute atomic E-state index is 12.0. The van der Waals surface area contributed by atoms with Crippen LogP contribution in [0.2, 0.25) is 0 Å². The lowest BCUT2D eigenvalue weighted by Gasteiger charge is -2.37. The second-order valence-electron chi connectivity index (χ2n) is 6.13. The summed E-state index contributed by atoms with van der Waals surface area (Å²) >= 11 is 0. The molecule has 0 spiro atoms. The topological polar surface area (TPSA) is 26.3 Å². The third-order valence-electron chi connectivity index (χ3n) is 4.54. The van der Waals surface area contributed by atoms with E-state index in [0.717, 1.165) is 12.8 Å². The first-order valence-corrected chi connectivity index (χ1v) is 10.4. The van der Waals surface area contributed by atoms with E-state index in [1.807, 2.05) is 0 Å². The number of carbonyl (C=O) groups excluding carboxylic acids is 1. The molecule has 21 heavy (non-hydrogen) atoms. The van der Waals surface area contributed by atoms with Crippen molar-refractivity contribution in [3.05, 3.63) is 45.4 Å². The number of ether oxygens (including phenoxy) is 1. The van der Waals surface area contributed by atoms with E-state index in [4.69, 9.17) is 4.74 Å². The van der Waals surface area contributed by atoms with Crippen molar-refractivity contribution in [3.8, 4) is 0 Å². The SMILES string of the molecule is Cc1cp(C2(p3cc(C)c(C)c3)CCCC(=O)O2)cc1C. The number of hydrogen-bond acceptors (Lipinski definition) is 2. The van der Waals surface area contributed by atoms with Gasteiger partial charge in [-0.15, -0.1) is 0 Å². The molecule has 0 N–H and O–H groups in total. The molecule has 2 aromatic rings. The van der Waals surface area contributed by atoms with Crippen molar-refractivity contribution in [3.63, 3.8) is 0 Å². The average Bonchev–Trinajstić information content (AvgIpc) is 2.94. The molecule has 0 aliphatic carbocycles. The van der Waals surface area contributed by atoms with Crippen LogP contribution in [0.5, 0.6) is 0 Å². The van der Waals surface area contributed by atoms with Gasteiger partial charge in [-0.25, -0.2) is 0 Å². The molecule has 2 nitrogen and oxygen atoms in total. The number of rotatable bonds is 2. The minimum Gasteiger partial charge on any atom is -0.442 e. The molecule has 0 radical (unpaired) electrons. The molecule has 112 valence electrons. The predicted octanol–water partition coefficient (Wildman–Crippen LogP) is 5.78. The first-order chi connectivity index (χ1) is 9.92. The van der Waals surface area contributed by atoms with Crippen LogP contribution in [-0.4, -0.2) is 5.97 Å². The number of cyclic esters (lactones) is 1. The first-order valence-electron chi connectivity index (χ1n) is 7.45. The van der Waals surface area contributed by atoms with Gasteiger partial charge in [0, 0.05) is 12.8 Å². The van der Waals surface area contributed by atoms with Crippen LogP contribution >= 0.6 is 15.1 Å². The predicted molar refractivity (Wildman–Crippen MR) is 90.6 cm³/mol. The number of aryl methyl sites for hydroxylation is 4. The largest absolute Gasteiger partial charge is 0.442 e. The van der Waals surface area contributed by atoms with Crippen LogP contribution in [0.4, 0.5) is 0 Å². The summed E-state index contributed by atoms with van der Waals surface area (Å²) in [4.78, 5) is 12.0. The minimum atomic E-state index is -0.529. The highest BCUT2D eigenvalue weighted by molar-refractivity contribution is 7.67. The Hall–Kier alpha value is -0.970. The second kappa shape index (κ2) is 5.34. The Kier molecular flexibility index (Phi) is 3.80. The zero-order valence-corrected chi connectivity index (χ0v) is 14.9. The lowest BCUT2D eigenvalue weighted by Crippen LogP contribution is -2.27. The van der Waals surface area contributed by atoms with Gasteiger partial charge in [0.2, 0.25) is 0 Å². The molecule has 3 rings (SSSR count).